The first-order chi connectivity index (χ1) is 25.1. The highest BCUT2D eigenvalue weighted by atomic mass is 16.8. The molecule has 12 heteroatoms. The maximum atomic E-state index is 13.6. The second kappa shape index (κ2) is 14.0. The predicted molar refractivity (Wildman–Crippen MR) is 190 cm³/mol. The van der Waals surface area contributed by atoms with Crippen LogP contribution in [0.1, 0.15) is 35.3 Å². The van der Waals surface area contributed by atoms with Gasteiger partial charge in [0.25, 0.3) is 5.91 Å². The van der Waals surface area contributed by atoms with E-state index in [4.69, 9.17) is 37.6 Å². The lowest BCUT2D eigenvalue weighted by molar-refractivity contribution is -0.282. The molecule has 2 aliphatic rings. The molecule has 2 fully saturated rings. The molecule has 268 valence electrons. The van der Waals surface area contributed by atoms with Crippen molar-refractivity contribution >= 4 is 28.7 Å². The van der Waals surface area contributed by atoms with Crippen molar-refractivity contribution in [3.8, 4) is 28.4 Å². The van der Waals surface area contributed by atoms with E-state index in [-0.39, 0.29) is 11.3 Å². The molecule has 2 aliphatic heterocycles. The number of anilines is 1. The lowest BCUT2D eigenvalue weighted by Crippen LogP contribution is -2.62. The summed E-state index contributed by atoms with van der Waals surface area (Å²) in [5.41, 5.74) is 1.77. The van der Waals surface area contributed by atoms with E-state index < -0.39 is 47.9 Å². The van der Waals surface area contributed by atoms with Crippen LogP contribution in [-0.4, -0.2) is 63.6 Å². The molecule has 3 heterocycles. The minimum Gasteiger partial charge on any atom is -0.497 e. The summed E-state index contributed by atoms with van der Waals surface area (Å²) in [7, 11) is 4.64. The van der Waals surface area contributed by atoms with Gasteiger partial charge in [-0.05, 0) is 73.5 Å². The van der Waals surface area contributed by atoms with Crippen molar-refractivity contribution < 1.29 is 47.2 Å². The zero-order chi connectivity index (χ0) is 36.6. The van der Waals surface area contributed by atoms with Crippen molar-refractivity contribution in [2.24, 2.45) is 0 Å². The third-order valence-electron chi connectivity index (χ3n) is 9.23. The Kier molecular flexibility index (Phi) is 9.35. The number of fused-ring (bicyclic) bond motifs is 2. The highest BCUT2D eigenvalue weighted by Gasteiger charge is 2.59. The van der Waals surface area contributed by atoms with Gasteiger partial charge in [0.2, 0.25) is 12.4 Å². The van der Waals surface area contributed by atoms with Crippen LogP contribution >= 0.6 is 0 Å². The first-order valence-electron chi connectivity index (χ1n) is 16.6. The quantitative estimate of drug-likeness (QED) is 0.122. The van der Waals surface area contributed by atoms with Crippen molar-refractivity contribution in [3.05, 3.63) is 118 Å². The average molecular weight is 708 g/mol. The van der Waals surface area contributed by atoms with E-state index in [0.29, 0.717) is 45.7 Å². The largest absolute Gasteiger partial charge is 0.509 e. The van der Waals surface area contributed by atoms with Crippen LogP contribution in [0.3, 0.4) is 0 Å². The molecule has 1 N–H and O–H groups in total. The average Bonchev–Trinajstić information content (AvgIpc) is 3.53. The molecule has 1 aromatic heterocycles. The number of hydrogen-bond donors (Lipinski definition) is 1. The number of carbonyl (C=O) groups is 2. The molecule has 0 saturated carbocycles. The van der Waals surface area contributed by atoms with E-state index in [1.54, 1.807) is 50.6 Å². The summed E-state index contributed by atoms with van der Waals surface area (Å²) in [6.07, 6.45) is -3.89. The number of amides is 1. The first kappa shape index (κ1) is 34.6. The highest BCUT2D eigenvalue weighted by Crippen LogP contribution is 2.40. The van der Waals surface area contributed by atoms with E-state index in [2.05, 4.69) is 5.32 Å². The van der Waals surface area contributed by atoms with E-state index in [1.165, 1.54) is 7.11 Å². The minimum atomic E-state index is -1.07. The Hall–Kier alpha value is -5.85. The van der Waals surface area contributed by atoms with Crippen molar-refractivity contribution in [2.75, 3.05) is 26.6 Å². The Labute approximate surface area is 299 Å². The van der Waals surface area contributed by atoms with Crippen molar-refractivity contribution in [3.63, 3.8) is 0 Å². The van der Waals surface area contributed by atoms with Gasteiger partial charge in [0.15, 0.2) is 6.10 Å². The van der Waals surface area contributed by atoms with Crippen molar-refractivity contribution in [2.45, 2.75) is 50.5 Å². The van der Waals surface area contributed by atoms with Crippen molar-refractivity contribution in [1.29, 1.82) is 0 Å². The summed E-state index contributed by atoms with van der Waals surface area (Å²) in [6, 6.07) is 27.0. The van der Waals surface area contributed by atoms with Crippen LogP contribution in [0.25, 0.3) is 22.1 Å². The maximum Gasteiger partial charge on any atom is 0.509 e. The van der Waals surface area contributed by atoms with Gasteiger partial charge in [-0.25, -0.2) is 9.59 Å². The van der Waals surface area contributed by atoms with E-state index in [9.17, 15) is 14.4 Å². The molecule has 4 aromatic carbocycles. The van der Waals surface area contributed by atoms with E-state index >= 15 is 0 Å². The summed E-state index contributed by atoms with van der Waals surface area (Å²) in [4.78, 5) is 39.3. The Morgan fingerprint density at radius 2 is 1.60 bits per heavy atom. The first-order valence-corrected chi connectivity index (χ1v) is 16.6. The fourth-order valence-electron chi connectivity index (χ4n) is 6.74. The van der Waals surface area contributed by atoms with Gasteiger partial charge in [0.05, 0.1) is 19.8 Å². The number of methoxy groups -OCH3 is 3. The van der Waals surface area contributed by atoms with Gasteiger partial charge in [-0.1, -0.05) is 42.5 Å². The molecular weight excluding hydrogens is 670 g/mol. The van der Waals surface area contributed by atoms with Gasteiger partial charge >= 0.3 is 11.8 Å². The number of ether oxygens (including phenoxy) is 7. The van der Waals surface area contributed by atoms with Crippen LogP contribution in [0.15, 0.2) is 100 Å². The number of benzene rings is 4. The Morgan fingerprint density at radius 1 is 0.827 bits per heavy atom. The molecule has 12 nitrogen and oxygen atoms in total. The molecular formula is C40H37NO11. The molecule has 7 rings (SSSR count). The van der Waals surface area contributed by atoms with Crippen LogP contribution in [0, 0.1) is 0 Å². The Balaban J connectivity index is 1.23. The summed E-state index contributed by atoms with van der Waals surface area (Å²) in [5, 5.41) is 3.26. The predicted octanol–water partition coefficient (Wildman–Crippen LogP) is 6.75. The molecule has 2 saturated heterocycles. The monoisotopic (exact) mass is 707 g/mol. The normalized spacial score (nSPS) is 20.4. The van der Waals surface area contributed by atoms with Crippen LogP contribution in [0.4, 0.5) is 10.5 Å². The topological polar surface area (TPSA) is 141 Å². The highest BCUT2D eigenvalue weighted by molar-refractivity contribution is 6.06. The zero-order valence-electron chi connectivity index (χ0n) is 29.2. The smallest absolute Gasteiger partial charge is 0.497 e. The van der Waals surface area contributed by atoms with Crippen molar-refractivity contribution in [1.82, 2.24) is 0 Å². The number of rotatable bonds is 10. The van der Waals surface area contributed by atoms with Gasteiger partial charge in [-0.15, -0.1) is 0 Å². The molecule has 4 atom stereocenters. The van der Waals surface area contributed by atoms with E-state index in [0.717, 1.165) is 11.1 Å². The lowest BCUT2D eigenvalue weighted by Gasteiger charge is -2.45. The number of carbonyl (C=O) groups excluding carboxylic acids is 2. The van der Waals surface area contributed by atoms with Crippen LogP contribution in [0.2, 0.25) is 0 Å². The second-order valence-corrected chi connectivity index (χ2v) is 13.0. The summed E-state index contributed by atoms with van der Waals surface area (Å²) in [6.45, 7) is 3.62. The second-order valence-electron chi connectivity index (χ2n) is 13.0. The molecule has 52 heavy (non-hydrogen) atoms. The summed E-state index contributed by atoms with van der Waals surface area (Å²) >= 11 is 0. The minimum absolute atomic E-state index is 0.0450. The Bertz CT molecular complexity index is 2200. The van der Waals surface area contributed by atoms with E-state index in [1.807, 2.05) is 68.4 Å². The van der Waals surface area contributed by atoms with Crippen LogP contribution in [0.5, 0.6) is 17.2 Å². The van der Waals surface area contributed by atoms with Crippen LogP contribution in [-0.2, 0) is 25.4 Å². The number of hydrogen-bond acceptors (Lipinski definition) is 11. The zero-order valence-corrected chi connectivity index (χ0v) is 29.2. The van der Waals surface area contributed by atoms with Gasteiger partial charge in [-0.2, -0.15) is 0 Å². The molecule has 0 spiro atoms. The third kappa shape index (κ3) is 6.65. The van der Waals surface area contributed by atoms with Gasteiger partial charge in [0.1, 0.15) is 34.6 Å². The van der Waals surface area contributed by atoms with Crippen LogP contribution < -0.4 is 25.2 Å². The summed E-state index contributed by atoms with van der Waals surface area (Å²) in [5.74, 6) is 1.04. The fraction of sp³-hybridized carbons (Fsp3) is 0.275. The van der Waals surface area contributed by atoms with Gasteiger partial charge in [-0.3, -0.25) is 4.79 Å². The third-order valence-corrected chi connectivity index (χ3v) is 9.23. The molecule has 0 bridgehead atoms. The summed E-state index contributed by atoms with van der Waals surface area (Å²) < 4.78 is 46.2. The lowest BCUT2D eigenvalue weighted by atomic mass is 9.89. The number of nitrogens with one attached hydrogen (secondary N) is 1. The maximum absolute atomic E-state index is 13.6. The SMILES string of the molecule is COc1cccc(-c2cc(C(=O)Nc3cc4ccc(O[C@@H]5OC(C)(C)[C@H](OC)[C@H]6OC(=O)O[C@@H]56)c(Cc5ccccc5)c4oc3=O)ccc2OC)c1. The molecule has 0 aliphatic carbocycles. The fourth-order valence-corrected chi connectivity index (χ4v) is 6.74. The van der Waals surface area contributed by atoms with Gasteiger partial charge < -0.3 is 42.9 Å². The van der Waals surface area contributed by atoms with Gasteiger partial charge in [0, 0.05) is 35.6 Å². The molecule has 1 amide bonds. The molecule has 0 unspecified atom stereocenters. The Morgan fingerprint density at radius 3 is 2.35 bits per heavy atom. The standard InChI is InChI=1S/C40H37NO11/c1-40(2)35(47-5)33-34(51-39(44)50-33)38(52-40)48-31-17-14-24-21-29(37(43)49-32(24)28(31)18-22-10-7-6-8-11-22)41-36(42)25-15-16-30(46-4)27(20-25)23-12-9-13-26(19-23)45-3/h6-17,19-21,33-35,38H,18H2,1-5H3,(H,41,42)/t33-,34+,35+,38+/m0/s1. The molecule has 5 aromatic rings. The molecule has 0 radical (unpaired) electrons.